The van der Waals surface area contributed by atoms with Gasteiger partial charge in [0.05, 0.1) is 11.1 Å². The summed E-state index contributed by atoms with van der Waals surface area (Å²) in [5.74, 6) is -2.06. The molecule has 190 valence electrons. The SMILES string of the molecule is Cc1cccc(C(=O)c2ccc(C(=O)OOC(=O)c3ccc(C(=O)c4cccc(C)c4)cc3C)c(C)c2)c1. The van der Waals surface area contributed by atoms with Gasteiger partial charge in [0.15, 0.2) is 11.6 Å². The number of ketones is 2. The summed E-state index contributed by atoms with van der Waals surface area (Å²) in [4.78, 5) is 60.3. The first-order chi connectivity index (χ1) is 18.1. The third kappa shape index (κ3) is 5.76. The van der Waals surface area contributed by atoms with Gasteiger partial charge in [-0.1, -0.05) is 59.7 Å². The fraction of sp³-hybridized carbons (Fsp3) is 0.125. The Morgan fingerprint density at radius 1 is 0.474 bits per heavy atom. The van der Waals surface area contributed by atoms with Crippen LogP contribution >= 0.6 is 0 Å². The quantitative estimate of drug-likeness (QED) is 0.173. The highest BCUT2D eigenvalue weighted by atomic mass is 17.2. The van der Waals surface area contributed by atoms with Crippen molar-refractivity contribution < 1.29 is 29.0 Å². The molecule has 0 N–H and O–H groups in total. The smallest absolute Gasteiger partial charge is 0.289 e. The minimum Gasteiger partial charge on any atom is -0.289 e. The average molecular weight is 507 g/mol. The molecule has 0 atom stereocenters. The highest BCUT2D eigenvalue weighted by Crippen LogP contribution is 2.19. The molecule has 38 heavy (non-hydrogen) atoms. The minimum absolute atomic E-state index is 0.161. The summed E-state index contributed by atoms with van der Waals surface area (Å²) in [7, 11) is 0. The number of aryl methyl sites for hydroxylation is 4. The van der Waals surface area contributed by atoms with E-state index in [1.54, 1.807) is 50.2 Å². The fourth-order valence-corrected chi connectivity index (χ4v) is 4.14. The van der Waals surface area contributed by atoms with Crippen molar-refractivity contribution in [1.29, 1.82) is 0 Å². The topological polar surface area (TPSA) is 86.7 Å². The fourth-order valence-electron chi connectivity index (χ4n) is 4.14. The van der Waals surface area contributed by atoms with Crippen molar-refractivity contribution >= 4 is 23.5 Å². The van der Waals surface area contributed by atoms with Crippen LogP contribution in [0.25, 0.3) is 0 Å². The normalized spacial score (nSPS) is 10.5. The summed E-state index contributed by atoms with van der Waals surface area (Å²) >= 11 is 0. The van der Waals surface area contributed by atoms with Gasteiger partial charge in [0.1, 0.15) is 0 Å². The molecule has 4 aromatic carbocycles. The molecule has 4 rings (SSSR count). The minimum atomic E-state index is -0.866. The van der Waals surface area contributed by atoms with Gasteiger partial charge in [0.25, 0.3) is 0 Å². The van der Waals surface area contributed by atoms with Crippen molar-refractivity contribution in [1.82, 2.24) is 0 Å². The van der Waals surface area contributed by atoms with Gasteiger partial charge in [0.2, 0.25) is 0 Å². The van der Waals surface area contributed by atoms with Gasteiger partial charge in [-0.2, -0.15) is 0 Å². The summed E-state index contributed by atoms with van der Waals surface area (Å²) in [5.41, 5.74) is 5.22. The van der Waals surface area contributed by atoms with E-state index in [-0.39, 0.29) is 22.7 Å². The van der Waals surface area contributed by atoms with Crippen molar-refractivity contribution in [3.63, 3.8) is 0 Å². The van der Waals surface area contributed by atoms with Crippen molar-refractivity contribution in [2.24, 2.45) is 0 Å². The predicted molar refractivity (Wildman–Crippen MR) is 142 cm³/mol. The monoisotopic (exact) mass is 506 g/mol. The van der Waals surface area contributed by atoms with Crippen molar-refractivity contribution in [2.75, 3.05) is 0 Å². The predicted octanol–water partition coefficient (Wildman–Crippen LogP) is 6.31. The Kier molecular flexibility index (Phi) is 7.63. The maximum Gasteiger partial charge on any atom is 0.386 e. The van der Waals surface area contributed by atoms with E-state index in [1.165, 1.54) is 24.3 Å². The van der Waals surface area contributed by atoms with Crippen LogP contribution < -0.4 is 0 Å². The largest absolute Gasteiger partial charge is 0.386 e. The zero-order chi connectivity index (χ0) is 27.4. The molecule has 0 heterocycles. The molecule has 0 fully saturated rings. The third-order valence-corrected chi connectivity index (χ3v) is 6.17. The van der Waals surface area contributed by atoms with E-state index < -0.39 is 11.9 Å². The Hall–Kier alpha value is -4.84. The molecule has 4 aromatic rings. The van der Waals surface area contributed by atoms with Crippen LogP contribution in [0.3, 0.4) is 0 Å². The Bertz CT molecular complexity index is 1460. The zero-order valence-corrected chi connectivity index (χ0v) is 21.5. The molecule has 0 saturated heterocycles. The van der Waals surface area contributed by atoms with Gasteiger partial charge >= 0.3 is 11.9 Å². The second-order valence-corrected chi connectivity index (χ2v) is 9.20. The van der Waals surface area contributed by atoms with E-state index in [2.05, 4.69) is 0 Å². The molecule has 0 aliphatic heterocycles. The van der Waals surface area contributed by atoms with E-state index >= 15 is 0 Å². The molecule has 6 heteroatoms. The van der Waals surface area contributed by atoms with Gasteiger partial charge < -0.3 is 0 Å². The van der Waals surface area contributed by atoms with Crippen molar-refractivity contribution in [3.8, 4) is 0 Å². The first-order valence-electron chi connectivity index (χ1n) is 12.0. The summed E-state index contributed by atoms with van der Waals surface area (Å²) in [6.07, 6.45) is 0. The number of benzene rings is 4. The van der Waals surface area contributed by atoms with Gasteiger partial charge in [-0.3, -0.25) is 9.59 Å². The summed E-state index contributed by atoms with van der Waals surface area (Å²) < 4.78 is 0. The third-order valence-electron chi connectivity index (χ3n) is 6.17. The highest BCUT2D eigenvalue weighted by Gasteiger charge is 2.20. The lowest BCUT2D eigenvalue weighted by Gasteiger charge is -2.10. The molecule has 0 radical (unpaired) electrons. The number of carbonyl (C=O) groups excluding carboxylic acids is 4. The van der Waals surface area contributed by atoms with Crippen LogP contribution in [0.15, 0.2) is 84.9 Å². The number of hydrogen-bond acceptors (Lipinski definition) is 6. The number of rotatable bonds is 6. The zero-order valence-electron chi connectivity index (χ0n) is 21.5. The van der Waals surface area contributed by atoms with Crippen LogP contribution in [0.4, 0.5) is 0 Å². The van der Waals surface area contributed by atoms with E-state index in [0.29, 0.717) is 33.4 Å². The Labute approximate surface area is 220 Å². The molecule has 0 aromatic heterocycles. The van der Waals surface area contributed by atoms with E-state index in [9.17, 15) is 19.2 Å². The van der Waals surface area contributed by atoms with Crippen LogP contribution in [0, 0.1) is 27.7 Å². The lowest BCUT2D eigenvalue weighted by Crippen LogP contribution is -2.14. The van der Waals surface area contributed by atoms with E-state index in [1.807, 2.05) is 38.1 Å². The van der Waals surface area contributed by atoms with Gasteiger partial charge in [0, 0.05) is 22.3 Å². The van der Waals surface area contributed by atoms with Crippen LogP contribution in [0.5, 0.6) is 0 Å². The summed E-state index contributed by atoms with van der Waals surface area (Å²) in [6.45, 7) is 7.14. The first kappa shape index (κ1) is 26.2. The Balaban J connectivity index is 1.42. The van der Waals surface area contributed by atoms with Crippen molar-refractivity contribution in [3.05, 3.63) is 141 Å². The molecule has 6 nitrogen and oxygen atoms in total. The van der Waals surface area contributed by atoms with Gasteiger partial charge in [-0.15, -0.1) is 0 Å². The molecule has 0 unspecified atom stereocenters. The second-order valence-electron chi connectivity index (χ2n) is 9.20. The highest BCUT2D eigenvalue weighted by molar-refractivity contribution is 6.10. The number of hydrogen-bond donors (Lipinski definition) is 0. The second kappa shape index (κ2) is 11.0. The van der Waals surface area contributed by atoms with E-state index in [0.717, 1.165) is 11.1 Å². The van der Waals surface area contributed by atoms with Gasteiger partial charge in [-0.05, 0) is 75.2 Å². The number of carbonyl (C=O) groups is 4. The average Bonchev–Trinajstić information content (AvgIpc) is 2.90. The van der Waals surface area contributed by atoms with Crippen LogP contribution in [-0.4, -0.2) is 23.5 Å². The van der Waals surface area contributed by atoms with E-state index in [4.69, 9.17) is 9.78 Å². The van der Waals surface area contributed by atoms with Crippen LogP contribution in [0.2, 0.25) is 0 Å². The Morgan fingerprint density at radius 2 is 0.842 bits per heavy atom. The molecular formula is C32H26O6. The maximum atomic E-state index is 12.8. The molecule has 0 bridgehead atoms. The lowest BCUT2D eigenvalue weighted by atomic mass is 9.98. The summed E-state index contributed by atoms with van der Waals surface area (Å²) in [5, 5.41) is 0. The van der Waals surface area contributed by atoms with Crippen LogP contribution in [-0.2, 0) is 9.78 Å². The molecule has 0 spiro atoms. The molecule has 0 aliphatic carbocycles. The maximum absolute atomic E-state index is 12.8. The summed E-state index contributed by atoms with van der Waals surface area (Å²) in [6, 6.07) is 23.7. The van der Waals surface area contributed by atoms with Crippen LogP contribution in [0.1, 0.15) is 74.8 Å². The Morgan fingerprint density at radius 3 is 1.18 bits per heavy atom. The first-order valence-corrected chi connectivity index (χ1v) is 12.0. The molecule has 0 aliphatic rings. The van der Waals surface area contributed by atoms with Gasteiger partial charge in [-0.25, -0.2) is 19.4 Å². The molecule has 0 amide bonds. The molecule has 0 saturated carbocycles. The van der Waals surface area contributed by atoms with Crippen molar-refractivity contribution in [2.45, 2.75) is 27.7 Å². The molecular weight excluding hydrogens is 480 g/mol. The standard InChI is InChI=1S/C32H26O6/c1-19-7-5-9-23(15-19)29(33)25-11-13-27(21(3)17-25)31(35)37-38-32(36)28-14-12-26(18-22(28)4)30(34)24-10-6-8-20(2)16-24/h5-18H,1-4H3. The lowest BCUT2D eigenvalue weighted by molar-refractivity contribution is -0.187.